The van der Waals surface area contributed by atoms with Gasteiger partial charge in [0.05, 0.1) is 22.6 Å². The topological polar surface area (TPSA) is 82.0 Å². The maximum atomic E-state index is 12.3. The molecule has 2 N–H and O–H groups in total. The van der Waals surface area contributed by atoms with E-state index in [-0.39, 0.29) is 17.1 Å². The number of hydrogen-bond acceptors (Lipinski definition) is 4. The summed E-state index contributed by atoms with van der Waals surface area (Å²) in [4.78, 5) is 25.0. The van der Waals surface area contributed by atoms with Crippen LogP contribution in [-0.2, 0) is 4.79 Å². The Balaban J connectivity index is 1.81. The van der Waals surface area contributed by atoms with Crippen LogP contribution in [-0.4, -0.2) is 17.1 Å². The lowest BCUT2D eigenvalue weighted by atomic mass is 10.1. The maximum absolute atomic E-state index is 12.3. The lowest BCUT2D eigenvalue weighted by molar-refractivity contribution is -0.115. The number of carbonyl (C=O) groups excluding carboxylic acids is 2. The van der Waals surface area contributed by atoms with Gasteiger partial charge in [0.1, 0.15) is 0 Å². The molecule has 1 heterocycles. The molecule has 23 heavy (non-hydrogen) atoms. The number of rotatable bonds is 2. The lowest BCUT2D eigenvalue weighted by Gasteiger charge is -2.22. The van der Waals surface area contributed by atoms with E-state index >= 15 is 0 Å². The van der Waals surface area contributed by atoms with Gasteiger partial charge in [-0.2, -0.15) is 5.26 Å². The van der Waals surface area contributed by atoms with Crippen LogP contribution in [0.15, 0.2) is 47.4 Å². The zero-order valence-electron chi connectivity index (χ0n) is 12.3. The molecule has 0 spiro atoms. The first-order valence-corrected chi connectivity index (χ1v) is 7.88. The molecule has 0 aliphatic carbocycles. The first-order chi connectivity index (χ1) is 11.1. The summed E-state index contributed by atoms with van der Waals surface area (Å²) in [5, 5.41) is 14.4. The summed E-state index contributed by atoms with van der Waals surface area (Å²) in [5.41, 5.74) is 2.13. The molecule has 1 aliphatic rings. The fraction of sp³-hybridized carbons (Fsp3) is 0.118. The highest BCUT2D eigenvalue weighted by Gasteiger charge is 2.23. The summed E-state index contributed by atoms with van der Waals surface area (Å²) in [7, 11) is 0. The fourth-order valence-electron chi connectivity index (χ4n) is 2.22. The molecule has 0 bridgehead atoms. The van der Waals surface area contributed by atoms with Gasteiger partial charge in [-0.25, -0.2) is 0 Å². The van der Waals surface area contributed by atoms with Crippen LogP contribution in [0.5, 0.6) is 0 Å². The average molecular weight is 323 g/mol. The van der Waals surface area contributed by atoms with Crippen LogP contribution >= 0.6 is 11.8 Å². The van der Waals surface area contributed by atoms with E-state index in [4.69, 9.17) is 5.26 Å². The van der Waals surface area contributed by atoms with E-state index in [1.54, 1.807) is 30.3 Å². The Labute approximate surface area is 137 Å². The monoisotopic (exact) mass is 323 g/mol. The second-order valence-corrected chi connectivity index (χ2v) is 6.49. The zero-order valence-corrected chi connectivity index (χ0v) is 13.1. The van der Waals surface area contributed by atoms with Crippen molar-refractivity contribution in [3.63, 3.8) is 0 Å². The van der Waals surface area contributed by atoms with Crippen LogP contribution in [0.4, 0.5) is 11.4 Å². The highest BCUT2D eigenvalue weighted by Crippen LogP contribution is 2.37. The van der Waals surface area contributed by atoms with Crippen LogP contribution in [0.3, 0.4) is 0 Å². The molecular formula is C17H13N3O2S. The summed E-state index contributed by atoms with van der Waals surface area (Å²) in [5.74, 6) is -0.349. The highest BCUT2D eigenvalue weighted by atomic mass is 32.2. The van der Waals surface area contributed by atoms with Gasteiger partial charge >= 0.3 is 0 Å². The number of carbonyl (C=O) groups is 2. The van der Waals surface area contributed by atoms with Crippen LogP contribution < -0.4 is 10.6 Å². The molecule has 1 atom stereocenters. The standard InChI is InChI=1S/C17H13N3O2S/c1-10-16(21)20-14-8-13(5-6-15(14)23-10)19-17(22)12-4-2-3-11(7-12)9-18/h2-8,10H,1H3,(H,19,22)(H,20,21). The second-order valence-electron chi connectivity index (χ2n) is 5.11. The van der Waals surface area contributed by atoms with E-state index < -0.39 is 0 Å². The van der Waals surface area contributed by atoms with E-state index in [1.165, 1.54) is 17.8 Å². The van der Waals surface area contributed by atoms with Crippen molar-refractivity contribution in [1.29, 1.82) is 5.26 Å². The summed E-state index contributed by atoms with van der Waals surface area (Å²) in [6.45, 7) is 1.85. The molecule has 0 saturated carbocycles. The second kappa shape index (κ2) is 6.15. The van der Waals surface area contributed by atoms with E-state index in [9.17, 15) is 9.59 Å². The van der Waals surface area contributed by atoms with Gasteiger partial charge in [0.2, 0.25) is 5.91 Å². The third-order valence-electron chi connectivity index (χ3n) is 3.42. The van der Waals surface area contributed by atoms with Crippen molar-refractivity contribution in [3.05, 3.63) is 53.6 Å². The molecule has 6 heteroatoms. The smallest absolute Gasteiger partial charge is 0.255 e. The Morgan fingerprint density at radius 2 is 2.13 bits per heavy atom. The molecule has 0 aromatic heterocycles. The molecule has 2 aromatic carbocycles. The zero-order chi connectivity index (χ0) is 16.4. The summed E-state index contributed by atoms with van der Waals surface area (Å²) < 4.78 is 0. The fourth-order valence-corrected chi connectivity index (χ4v) is 3.15. The van der Waals surface area contributed by atoms with Crippen molar-refractivity contribution in [1.82, 2.24) is 0 Å². The van der Waals surface area contributed by atoms with Crippen LogP contribution in [0.2, 0.25) is 0 Å². The number of nitrogens with zero attached hydrogens (tertiary/aromatic N) is 1. The molecule has 0 radical (unpaired) electrons. The number of thioether (sulfide) groups is 1. The van der Waals surface area contributed by atoms with Crippen molar-refractivity contribution in [2.45, 2.75) is 17.1 Å². The highest BCUT2D eigenvalue weighted by molar-refractivity contribution is 8.00. The predicted molar refractivity (Wildman–Crippen MR) is 89.5 cm³/mol. The number of anilines is 2. The van der Waals surface area contributed by atoms with Gasteiger partial charge in [-0.1, -0.05) is 6.07 Å². The van der Waals surface area contributed by atoms with Crippen molar-refractivity contribution in [2.24, 2.45) is 0 Å². The molecule has 1 unspecified atom stereocenters. The summed E-state index contributed by atoms with van der Waals surface area (Å²) in [6, 6.07) is 13.9. The van der Waals surface area contributed by atoms with Gasteiger partial charge in [-0.15, -0.1) is 11.8 Å². The minimum atomic E-state index is -0.301. The van der Waals surface area contributed by atoms with Gasteiger partial charge in [0, 0.05) is 16.1 Å². The molecule has 1 aliphatic heterocycles. The third-order valence-corrected chi connectivity index (χ3v) is 4.60. The Kier molecular flexibility index (Phi) is 4.04. The first-order valence-electron chi connectivity index (χ1n) is 7.00. The Morgan fingerprint density at radius 3 is 2.91 bits per heavy atom. The Bertz CT molecular complexity index is 842. The van der Waals surface area contributed by atoms with Gasteiger partial charge < -0.3 is 10.6 Å². The van der Waals surface area contributed by atoms with Crippen molar-refractivity contribution >= 4 is 35.0 Å². The van der Waals surface area contributed by atoms with Crippen molar-refractivity contribution in [3.8, 4) is 6.07 Å². The van der Waals surface area contributed by atoms with Crippen molar-refractivity contribution < 1.29 is 9.59 Å². The van der Waals surface area contributed by atoms with Gasteiger partial charge in [0.15, 0.2) is 0 Å². The Morgan fingerprint density at radius 1 is 1.30 bits per heavy atom. The lowest BCUT2D eigenvalue weighted by Crippen LogP contribution is -2.26. The minimum absolute atomic E-state index is 0.0484. The maximum Gasteiger partial charge on any atom is 0.255 e. The molecule has 5 nitrogen and oxygen atoms in total. The molecule has 114 valence electrons. The van der Waals surface area contributed by atoms with Crippen LogP contribution in [0.1, 0.15) is 22.8 Å². The SMILES string of the molecule is CC1Sc2ccc(NC(=O)c3cccc(C#N)c3)cc2NC1=O. The van der Waals surface area contributed by atoms with Gasteiger partial charge in [0.25, 0.3) is 5.91 Å². The quantitative estimate of drug-likeness (QED) is 0.889. The summed E-state index contributed by atoms with van der Waals surface area (Å²) >= 11 is 1.49. The number of amides is 2. The summed E-state index contributed by atoms with van der Waals surface area (Å²) in [6.07, 6.45) is 0. The van der Waals surface area contributed by atoms with E-state index in [2.05, 4.69) is 10.6 Å². The van der Waals surface area contributed by atoms with Crippen LogP contribution in [0, 0.1) is 11.3 Å². The van der Waals surface area contributed by atoms with Crippen LogP contribution in [0.25, 0.3) is 0 Å². The minimum Gasteiger partial charge on any atom is -0.324 e. The number of nitrogens with one attached hydrogen (secondary N) is 2. The van der Waals surface area contributed by atoms with E-state index in [0.29, 0.717) is 22.5 Å². The molecule has 0 fully saturated rings. The Hall–Kier alpha value is -2.78. The number of benzene rings is 2. The van der Waals surface area contributed by atoms with Gasteiger partial charge in [-0.05, 0) is 43.3 Å². The normalized spacial score (nSPS) is 16.0. The third kappa shape index (κ3) is 3.20. The van der Waals surface area contributed by atoms with E-state index in [0.717, 1.165) is 4.90 Å². The molecular weight excluding hydrogens is 310 g/mol. The largest absolute Gasteiger partial charge is 0.324 e. The van der Waals surface area contributed by atoms with Crippen molar-refractivity contribution in [2.75, 3.05) is 10.6 Å². The number of nitriles is 1. The molecule has 2 amide bonds. The molecule has 2 aromatic rings. The molecule has 3 rings (SSSR count). The number of hydrogen-bond donors (Lipinski definition) is 2. The average Bonchev–Trinajstić information content (AvgIpc) is 2.56. The van der Waals surface area contributed by atoms with E-state index in [1.807, 2.05) is 19.1 Å². The first kappa shape index (κ1) is 15.1. The number of fused-ring (bicyclic) bond motifs is 1. The van der Waals surface area contributed by atoms with Gasteiger partial charge in [-0.3, -0.25) is 9.59 Å². The predicted octanol–water partition coefficient (Wildman–Crippen LogP) is 3.24. The molecule has 0 saturated heterocycles.